The molecule has 1 amide bonds. The van der Waals surface area contributed by atoms with Crippen molar-refractivity contribution >= 4 is 28.5 Å². The molecule has 24 heavy (non-hydrogen) atoms. The fourth-order valence-electron chi connectivity index (χ4n) is 2.90. The zero-order chi connectivity index (χ0) is 16.8. The summed E-state index contributed by atoms with van der Waals surface area (Å²) >= 11 is 6.08. The van der Waals surface area contributed by atoms with Crippen LogP contribution in [0.4, 0.5) is 8.78 Å². The van der Waals surface area contributed by atoms with Crippen LogP contribution in [0, 0.1) is 0 Å². The van der Waals surface area contributed by atoms with Crippen molar-refractivity contribution in [2.75, 3.05) is 6.54 Å². The Kier molecular flexibility index (Phi) is 3.49. The summed E-state index contributed by atoms with van der Waals surface area (Å²) in [6.45, 7) is 0.803. The number of carbonyl (C=O) groups excluding carboxylic acids is 1. The van der Waals surface area contributed by atoms with E-state index in [9.17, 15) is 13.6 Å². The van der Waals surface area contributed by atoms with Gasteiger partial charge in [-0.15, -0.1) is 0 Å². The van der Waals surface area contributed by atoms with Crippen molar-refractivity contribution in [1.82, 2.24) is 24.4 Å². The summed E-state index contributed by atoms with van der Waals surface area (Å²) in [6, 6.07) is 5.22. The lowest BCUT2D eigenvalue weighted by Crippen LogP contribution is -2.39. The lowest BCUT2D eigenvalue weighted by atomic mass is 10.3. The molecule has 0 bridgehead atoms. The Labute approximate surface area is 140 Å². The first kappa shape index (κ1) is 15.1. The molecule has 4 rings (SSSR count). The van der Waals surface area contributed by atoms with Crippen LogP contribution in [-0.4, -0.2) is 36.9 Å². The number of carbonyl (C=O) groups is 1. The predicted octanol–water partition coefficient (Wildman–Crippen LogP) is 3.01. The van der Waals surface area contributed by atoms with Gasteiger partial charge in [0.1, 0.15) is 0 Å². The first-order valence-electron chi connectivity index (χ1n) is 7.30. The van der Waals surface area contributed by atoms with Gasteiger partial charge in [-0.25, -0.2) is 18.7 Å². The van der Waals surface area contributed by atoms with E-state index in [4.69, 9.17) is 11.6 Å². The molecule has 1 aliphatic heterocycles. The maximum absolute atomic E-state index is 12.9. The molecule has 0 saturated heterocycles. The molecule has 0 radical (unpaired) electrons. The number of alkyl halides is 2. The highest BCUT2D eigenvalue weighted by Crippen LogP contribution is 2.24. The molecule has 1 aliphatic rings. The Hall–Kier alpha value is -2.48. The second-order valence-corrected chi connectivity index (χ2v) is 5.91. The first-order chi connectivity index (χ1) is 11.5. The van der Waals surface area contributed by atoms with Crippen LogP contribution in [0.25, 0.3) is 11.0 Å². The highest BCUT2D eigenvalue weighted by Gasteiger charge is 2.28. The average molecular weight is 352 g/mol. The summed E-state index contributed by atoms with van der Waals surface area (Å²) in [5.41, 5.74) is 1.79. The van der Waals surface area contributed by atoms with Crippen molar-refractivity contribution in [1.29, 1.82) is 0 Å². The van der Waals surface area contributed by atoms with Crippen molar-refractivity contribution in [2.45, 2.75) is 19.5 Å². The van der Waals surface area contributed by atoms with Gasteiger partial charge < -0.3 is 14.5 Å². The van der Waals surface area contributed by atoms with E-state index in [0.29, 0.717) is 28.3 Å². The number of amides is 1. The zero-order valence-electron chi connectivity index (χ0n) is 12.3. The highest BCUT2D eigenvalue weighted by molar-refractivity contribution is 6.35. The molecule has 0 spiro atoms. The number of benzene rings is 1. The summed E-state index contributed by atoms with van der Waals surface area (Å²) in [4.78, 5) is 25.1. The van der Waals surface area contributed by atoms with E-state index < -0.39 is 6.43 Å². The third-order valence-electron chi connectivity index (χ3n) is 4.07. The third-order valence-corrected chi connectivity index (χ3v) is 4.38. The molecule has 1 N–H and O–H groups in total. The number of aromatic amines is 1. The topological polar surface area (TPSA) is 66.8 Å². The van der Waals surface area contributed by atoms with Crippen LogP contribution in [0.5, 0.6) is 0 Å². The number of aromatic nitrogens is 4. The lowest BCUT2D eigenvalue weighted by Gasteiger charge is -2.28. The number of rotatable bonds is 2. The number of hydrogen-bond acceptors (Lipinski definition) is 3. The van der Waals surface area contributed by atoms with E-state index in [1.165, 1.54) is 10.8 Å². The number of hydrogen-bond donors (Lipinski definition) is 1. The van der Waals surface area contributed by atoms with Gasteiger partial charge >= 0.3 is 0 Å². The van der Waals surface area contributed by atoms with E-state index in [1.807, 2.05) is 0 Å². The Balaban J connectivity index is 1.61. The Bertz CT molecular complexity index is 935. The molecule has 3 aromatic rings. The van der Waals surface area contributed by atoms with Gasteiger partial charge in [0.05, 0.1) is 34.5 Å². The Morgan fingerprint density at radius 1 is 1.33 bits per heavy atom. The summed E-state index contributed by atoms with van der Waals surface area (Å²) < 4.78 is 27.2. The number of para-hydroxylation sites is 1. The van der Waals surface area contributed by atoms with Crippen LogP contribution in [0.15, 0.2) is 24.4 Å². The smallest absolute Gasteiger partial charge is 0.295 e. The molecule has 0 saturated carbocycles. The fourth-order valence-corrected chi connectivity index (χ4v) is 3.12. The van der Waals surface area contributed by atoms with Crippen LogP contribution in [-0.2, 0) is 13.1 Å². The molecule has 0 atom stereocenters. The van der Waals surface area contributed by atoms with Crippen molar-refractivity contribution in [2.24, 2.45) is 0 Å². The molecule has 0 unspecified atom stereocenters. The molecule has 6 nitrogen and oxygen atoms in total. The van der Waals surface area contributed by atoms with Crippen molar-refractivity contribution < 1.29 is 13.6 Å². The van der Waals surface area contributed by atoms with Crippen molar-refractivity contribution in [3.8, 4) is 0 Å². The minimum Gasteiger partial charge on any atom is -0.333 e. The highest BCUT2D eigenvalue weighted by atomic mass is 35.5. The maximum atomic E-state index is 12.9. The number of H-pyrrole nitrogens is 1. The molecule has 3 heterocycles. The lowest BCUT2D eigenvalue weighted by molar-refractivity contribution is 0.0691. The maximum Gasteiger partial charge on any atom is 0.295 e. The zero-order valence-corrected chi connectivity index (χ0v) is 13.1. The second kappa shape index (κ2) is 5.55. The van der Waals surface area contributed by atoms with Crippen LogP contribution in [0.3, 0.4) is 0 Å². The van der Waals surface area contributed by atoms with Gasteiger partial charge in [0, 0.05) is 13.1 Å². The molecule has 0 aliphatic carbocycles. The number of nitrogens with zero attached hydrogens (tertiary/aromatic N) is 4. The summed E-state index contributed by atoms with van der Waals surface area (Å²) in [5.74, 6) is -0.374. The number of imidazole rings is 2. The second-order valence-electron chi connectivity index (χ2n) is 5.51. The van der Waals surface area contributed by atoms with Gasteiger partial charge in [-0.05, 0) is 12.1 Å². The summed E-state index contributed by atoms with van der Waals surface area (Å²) in [7, 11) is 0. The third kappa shape index (κ3) is 2.34. The van der Waals surface area contributed by atoms with E-state index >= 15 is 0 Å². The summed E-state index contributed by atoms with van der Waals surface area (Å²) in [5, 5.41) is 0.484. The van der Waals surface area contributed by atoms with E-state index in [1.54, 1.807) is 23.1 Å². The van der Waals surface area contributed by atoms with Gasteiger partial charge in [0.15, 0.2) is 11.6 Å². The monoisotopic (exact) mass is 351 g/mol. The number of fused-ring (bicyclic) bond motifs is 2. The van der Waals surface area contributed by atoms with Crippen molar-refractivity contribution in [3.05, 3.63) is 46.8 Å². The number of halogens is 3. The van der Waals surface area contributed by atoms with Crippen LogP contribution in [0.2, 0.25) is 5.02 Å². The fraction of sp³-hybridized carbons (Fsp3) is 0.267. The van der Waals surface area contributed by atoms with Gasteiger partial charge in [-0.2, -0.15) is 0 Å². The quantitative estimate of drug-likeness (QED) is 0.771. The van der Waals surface area contributed by atoms with Crippen molar-refractivity contribution in [3.63, 3.8) is 0 Å². The van der Waals surface area contributed by atoms with Gasteiger partial charge in [-0.3, -0.25) is 4.79 Å². The van der Waals surface area contributed by atoms with E-state index in [-0.39, 0.29) is 30.6 Å². The summed E-state index contributed by atoms with van der Waals surface area (Å²) in [6.07, 6.45) is -1.24. The first-order valence-corrected chi connectivity index (χ1v) is 7.68. The van der Waals surface area contributed by atoms with Gasteiger partial charge in [-0.1, -0.05) is 17.7 Å². The van der Waals surface area contributed by atoms with Gasteiger partial charge in [0.25, 0.3) is 12.3 Å². The van der Waals surface area contributed by atoms with Crippen LogP contribution >= 0.6 is 11.6 Å². The van der Waals surface area contributed by atoms with Crippen LogP contribution < -0.4 is 0 Å². The average Bonchev–Trinajstić information content (AvgIpc) is 3.18. The van der Waals surface area contributed by atoms with Crippen LogP contribution in [0.1, 0.15) is 28.6 Å². The molecule has 124 valence electrons. The SMILES string of the molecule is O=C(c1nc2cccc(Cl)c2[nH]1)N1CCn2c(cnc2C(F)F)C1. The molecule has 1 aromatic carbocycles. The largest absolute Gasteiger partial charge is 0.333 e. The Morgan fingerprint density at radius 3 is 2.92 bits per heavy atom. The molecule has 9 heteroatoms. The Morgan fingerprint density at radius 2 is 2.17 bits per heavy atom. The molecule has 0 fully saturated rings. The van der Waals surface area contributed by atoms with E-state index in [0.717, 1.165) is 0 Å². The predicted molar refractivity (Wildman–Crippen MR) is 83.0 cm³/mol. The molecular formula is C15H12ClF2N5O. The molecular weight excluding hydrogens is 340 g/mol. The standard InChI is InChI=1S/C15H12ClF2N5O/c16-9-2-1-3-10-11(9)21-13(20-10)15(24)22-4-5-23-8(7-22)6-19-14(23)12(17)18/h1-3,6,12H,4-5,7H2,(H,20,21). The normalized spacial score (nSPS) is 14.4. The minimum absolute atomic E-state index is 0.181. The number of nitrogens with one attached hydrogen (secondary N) is 1. The molecule has 2 aromatic heterocycles. The van der Waals surface area contributed by atoms with E-state index in [2.05, 4.69) is 15.0 Å². The van der Waals surface area contributed by atoms with Gasteiger partial charge in [0.2, 0.25) is 0 Å². The minimum atomic E-state index is -2.63.